The highest BCUT2D eigenvalue weighted by Gasteiger charge is 2.66. The van der Waals surface area contributed by atoms with Gasteiger partial charge in [0.1, 0.15) is 5.52 Å². The Labute approximate surface area is 127 Å². The maximum Gasteiger partial charge on any atom is 0.313 e. The van der Waals surface area contributed by atoms with Crippen LogP contribution in [0.5, 0.6) is 0 Å². The summed E-state index contributed by atoms with van der Waals surface area (Å²) in [5.41, 5.74) is 1.94. The number of pyridine rings is 1. The standard InChI is InChI=1S/C15H19N3O2S/c1-14(2)12(15(14,3)4)18-11-9(6-5-7-16-11)17-13(18)21-8-10(19)20/h5-7,12H,8H2,1-4H3,(H,19,20). The number of rotatable bonds is 4. The Hall–Kier alpha value is -1.56. The topological polar surface area (TPSA) is 68.0 Å². The number of imidazole rings is 1. The molecule has 0 saturated heterocycles. The van der Waals surface area contributed by atoms with Crippen LogP contribution in [-0.2, 0) is 4.79 Å². The minimum Gasteiger partial charge on any atom is -0.481 e. The summed E-state index contributed by atoms with van der Waals surface area (Å²) < 4.78 is 2.13. The molecule has 0 unspecified atom stereocenters. The molecular formula is C15H19N3O2S. The molecule has 6 heteroatoms. The molecule has 1 saturated carbocycles. The summed E-state index contributed by atoms with van der Waals surface area (Å²) in [5.74, 6) is -0.822. The van der Waals surface area contributed by atoms with E-state index in [9.17, 15) is 4.79 Å². The number of carboxylic acids is 1. The minimum absolute atomic E-state index is 0.0108. The van der Waals surface area contributed by atoms with Gasteiger partial charge in [-0.25, -0.2) is 9.97 Å². The van der Waals surface area contributed by atoms with Crippen molar-refractivity contribution in [1.82, 2.24) is 14.5 Å². The number of carboxylic acid groups (broad SMARTS) is 1. The smallest absolute Gasteiger partial charge is 0.313 e. The van der Waals surface area contributed by atoms with E-state index in [-0.39, 0.29) is 22.6 Å². The first kappa shape index (κ1) is 14.4. The van der Waals surface area contributed by atoms with Gasteiger partial charge >= 0.3 is 5.97 Å². The molecule has 1 fully saturated rings. The molecule has 2 aromatic heterocycles. The number of aromatic nitrogens is 3. The average Bonchev–Trinajstić information content (AvgIpc) is 2.71. The van der Waals surface area contributed by atoms with Gasteiger partial charge in [-0.1, -0.05) is 39.5 Å². The normalized spacial score (nSPS) is 19.8. The lowest BCUT2D eigenvalue weighted by molar-refractivity contribution is -0.133. The zero-order chi connectivity index (χ0) is 15.4. The maximum atomic E-state index is 10.9. The fourth-order valence-electron chi connectivity index (χ4n) is 3.18. The second kappa shape index (κ2) is 4.47. The van der Waals surface area contributed by atoms with Crippen LogP contribution in [0.4, 0.5) is 0 Å². The number of thioether (sulfide) groups is 1. The molecule has 1 aliphatic rings. The van der Waals surface area contributed by atoms with Crippen LogP contribution < -0.4 is 0 Å². The molecule has 112 valence electrons. The zero-order valence-corrected chi connectivity index (χ0v) is 13.4. The summed E-state index contributed by atoms with van der Waals surface area (Å²) >= 11 is 1.26. The van der Waals surface area contributed by atoms with E-state index in [1.165, 1.54) is 11.8 Å². The zero-order valence-electron chi connectivity index (χ0n) is 12.6. The first-order valence-electron chi connectivity index (χ1n) is 6.94. The van der Waals surface area contributed by atoms with Gasteiger partial charge in [-0.3, -0.25) is 9.36 Å². The van der Waals surface area contributed by atoms with Crippen molar-refractivity contribution in [2.75, 3.05) is 5.75 Å². The fourth-order valence-corrected chi connectivity index (χ4v) is 3.92. The lowest BCUT2D eigenvalue weighted by Gasteiger charge is -2.09. The van der Waals surface area contributed by atoms with Gasteiger partial charge in [0.2, 0.25) is 0 Å². The van der Waals surface area contributed by atoms with Crippen LogP contribution in [-0.4, -0.2) is 31.4 Å². The molecule has 3 rings (SSSR count). The first-order chi connectivity index (χ1) is 9.76. The van der Waals surface area contributed by atoms with Crippen LogP contribution in [0.25, 0.3) is 11.2 Å². The van der Waals surface area contributed by atoms with E-state index in [0.29, 0.717) is 0 Å². The van der Waals surface area contributed by atoms with Crippen LogP contribution in [0.3, 0.4) is 0 Å². The Balaban J connectivity index is 2.11. The molecule has 0 aliphatic heterocycles. The van der Waals surface area contributed by atoms with Crippen LogP contribution in [0, 0.1) is 10.8 Å². The van der Waals surface area contributed by atoms with E-state index in [2.05, 4.69) is 42.2 Å². The van der Waals surface area contributed by atoms with E-state index in [4.69, 9.17) is 5.11 Å². The second-order valence-corrected chi connectivity index (χ2v) is 7.58. The van der Waals surface area contributed by atoms with Crippen molar-refractivity contribution in [2.24, 2.45) is 10.8 Å². The predicted octanol–water partition coefficient (Wildman–Crippen LogP) is 3.22. The fraction of sp³-hybridized carbons (Fsp3) is 0.533. The van der Waals surface area contributed by atoms with Gasteiger partial charge in [-0.05, 0) is 23.0 Å². The first-order valence-corrected chi connectivity index (χ1v) is 7.93. The maximum absolute atomic E-state index is 10.9. The quantitative estimate of drug-likeness (QED) is 0.878. The second-order valence-electron chi connectivity index (χ2n) is 6.64. The molecule has 2 aromatic rings. The lowest BCUT2D eigenvalue weighted by atomic mass is 10.0. The largest absolute Gasteiger partial charge is 0.481 e. The lowest BCUT2D eigenvalue weighted by Crippen LogP contribution is -2.06. The molecule has 5 nitrogen and oxygen atoms in total. The van der Waals surface area contributed by atoms with Gasteiger partial charge < -0.3 is 5.11 Å². The summed E-state index contributed by atoms with van der Waals surface area (Å²) in [7, 11) is 0. The predicted molar refractivity (Wildman–Crippen MR) is 82.5 cm³/mol. The monoisotopic (exact) mass is 305 g/mol. The highest BCUT2D eigenvalue weighted by Crippen LogP contribution is 2.72. The van der Waals surface area contributed by atoms with Gasteiger partial charge in [-0.15, -0.1) is 0 Å². The van der Waals surface area contributed by atoms with E-state index in [1.807, 2.05) is 12.1 Å². The molecule has 1 N–H and O–H groups in total. The number of fused-ring (bicyclic) bond motifs is 1. The highest BCUT2D eigenvalue weighted by atomic mass is 32.2. The number of aliphatic carboxylic acids is 1. The molecule has 0 aromatic carbocycles. The van der Waals surface area contributed by atoms with Crippen LogP contribution in [0.1, 0.15) is 33.7 Å². The average molecular weight is 305 g/mol. The number of carbonyl (C=O) groups is 1. The Morgan fingerprint density at radius 1 is 1.38 bits per heavy atom. The van der Waals surface area contributed by atoms with Crippen LogP contribution >= 0.6 is 11.8 Å². The number of nitrogens with zero attached hydrogens (tertiary/aromatic N) is 3. The van der Waals surface area contributed by atoms with Crippen molar-refractivity contribution >= 4 is 28.9 Å². The van der Waals surface area contributed by atoms with Gasteiger partial charge in [0.25, 0.3) is 0 Å². The highest BCUT2D eigenvalue weighted by molar-refractivity contribution is 7.99. The third-order valence-electron chi connectivity index (χ3n) is 4.94. The third-order valence-corrected chi connectivity index (χ3v) is 5.88. The summed E-state index contributed by atoms with van der Waals surface area (Å²) in [6.45, 7) is 8.94. The Kier molecular flexibility index (Phi) is 3.06. The molecule has 1 aliphatic carbocycles. The van der Waals surface area contributed by atoms with Gasteiger partial charge in [-0.2, -0.15) is 0 Å². The molecule has 0 amide bonds. The summed E-state index contributed by atoms with van der Waals surface area (Å²) in [5, 5.41) is 9.67. The Morgan fingerprint density at radius 2 is 2.05 bits per heavy atom. The molecule has 0 radical (unpaired) electrons. The van der Waals surface area contributed by atoms with Crippen molar-refractivity contribution in [3.63, 3.8) is 0 Å². The molecule has 2 heterocycles. The van der Waals surface area contributed by atoms with Crippen LogP contribution in [0.15, 0.2) is 23.5 Å². The van der Waals surface area contributed by atoms with Crippen molar-refractivity contribution in [1.29, 1.82) is 0 Å². The molecule has 0 bridgehead atoms. The third kappa shape index (κ3) is 2.04. The summed E-state index contributed by atoms with van der Waals surface area (Å²) in [4.78, 5) is 19.9. The van der Waals surface area contributed by atoms with Crippen molar-refractivity contribution in [3.05, 3.63) is 18.3 Å². The van der Waals surface area contributed by atoms with E-state index >= 15 is 0 Å². The van der Waals surface area contributed by atoms with E-state index in [0.717, 1.165) is 16.3 Å². The SMILES string of the molecule is CC1(C)C(n2c(SCC(=O)O)nc3cccnc32)C1(C)C. The summed E-state index contributed by atoms with van der Waals surface area (Å²) in [6.07, 6.45) is 1.76. The van der Waals surface area contributed by atoms with Crippen molar-refractivity contribution < 1.29 is 9.90 Å². The minimum atomic E-state index is -0.833. The summed E-state index contributed by atoms with van der Waals surface area (Å²) in [6, 6.07) is 4.06. The number of hydrogen-bond donors (Lipinski definition) is 1. The van der Waals surface area contributed by atoms with Gasteiger partial charge in [0, 0.05) is 12.2 Å². The van der Waals surface area contributed by atoms with Gasteiger partial charge in [0.15, 0.2) is 10.8 Å². The van der Waals surface area contributed by atoms with Crippen molar-refractivity contribution in [3.8, 4) is 0 Å². The van der Waals surface area contributed by atoms with Crippen molar-refractivity contribution in [2.45, 2.75) is 38.9 Å². The Bertz CT molecular complexity index is 707. The molecular weight excluding hydrogens is 286 g/mol. The molecule has 0 spiro atoms. The van der Waals surface area contributed by atoms with Gasteiger partial charge in [0.05, 0.1) is 5.75 Å². The van der Waals surface area contributed by atoms with E-state index in [1.54, 1.807) is 6.20 Å². The Morgan fingerprint density at radius 3 is 2.62 bits per heavy atom. The number of hydrogen-bond acceptors (Lipinski definition) is 4. The van der Waals surface area contributed by atoms with E-state index < -0.39 is 5.97 Å². The molecule has 21 heavy (non-hydrogen) atoms. The van der Waals surface area contributed by atoms with Crippen LogP contribution in [0.2, 0.25) is 0 Å². The molecule has 0 atom stereocenters.